The van der Waals surface area contributed by atoms with Gasteiger partial charge in [0, 0.05) is 24.2 Å². The molecule has 3 N–H and O–H groups in total. The van der Waals surface area contributed by atoms with Gasteiger partial charge in [0.1, 0.15) is 5.75 Å². The van der Waals surface area contributed by atoms with Crippen molar-refractivity contribution in [3.8, 4) is 5.75 Å². The number of hydrogen-bond acceptors (Lipinski definition) is 3. The van der Waals surface area contributed by atoms with Crippen LogP contribution in [0.15, 0.2) is 24.3 Å². The van der Waals surface area contributed by atoms with Crippen molar-refractivity contribution in [2.24, 2.45) is 11.7 Å². The Balaban J connectivity index is 2.19. The summed E-state index contributed by atoms with van der Waals surface area (Å²) in [7, 11) is 2.14. The maximum Gasteiger partial charge on any atom is 0.120 e. The number of nitrogens with two attached hydrogens (primary N) is 1. The van der Waals surface area contributed by atoms with Gasteiger partial charge in [0.2, 0.25) is 0 Å². The van der Waals surface area contributed by atoms with E-state index in [0.29, 0.717) is 18.3 Å². The summed E-state index contributed by atoms with van der Waals surface area (Å²) < 4.78 is 0. The number of phenolic OH excluding ortho intramolecular Hbond substituents is 1. The molecule has 1 aromatic rings. The van der Waals surface area contributed by atoms with Gasteiger partial charge in [0.15, 0.2) is 0 Å². The fourth-order valence-electron chi connectivity index (χ4n) is 2.90. The molecule has 0 spiro atoms. The van der Waals surface area contributed by atoms with E-state index in [4.69, 9.17) is 5.73 Å². The summed E-state index contributed by atoms with van der Waals surface area (Å²) in [4.78, 5) is 2.35. The lowest BCUT2D eigenvalue weighted by atomic mass is 9.99. The van der Waals surface area contributed by atoms with E-state index in [1.807, 2.05) is 18.2 Å². The van der Waals surface area contributed by atoms with Crippen molar-refractivity contribution in [1.29, 1.82) is 0 Å². The van der Waals surface area contributed by atoms with Crippen LogP contribution in [0.2, 0.25) is 0 Å². The summed E-state index contributed by atoms with van der Waals surface area (Å²) in [6, 6.07) is 8.32. The molecule has 1 fully saturated rings. The minimum Gasteiger partial charge on any atom is -0.508 e. The molecule has 0 saturated heterocycles. The summed E-state index contributed by atoms with van der Waals surface area (Å²) in [6.45, 7) is 2.86. The summed E-state index contributed by atoms with van der Waals surface area (Å²) >= 11 is 0. The zero-order valence-electron chi connectivity index (χ0n) is 11.3. The van der Waals surface area contributed by atoms with Crippen LogP contribution in [0.1, 0.15) is 37.8 Å². The third-order valence-electron chi connectivity index (χ3n) is 4.10. The van der Waals surface area contributed by atoms with Crippen LogP contribution in [-0.2, 0) is 0 Å². The van der Waals surface area contributed by atoms with Crippen molar-refractivity contribution in [3.05, 3.63) is 29.8 Å². The average molecular weight is 248 g/mol. The fourth-order valence-corrected chi connectivity index (χ4v) is 2.90. The number of hydrogen-bond donors (Lipinski definition) is 2. The molecular formula is C15H24N2O. The molecule has 1 aliphatic carbocycles. The molecule has 0 aromatic heterocycles. The first-order valence-corrected chi connectivity index (χ1v) is 6.88. The van der Waals surface area contributed by atoms with Crippen molar-refractivity contribution in [2.75, 3.05) is 13.6 Å². The van der Waals surface area contributed by atoms with E-state index in [-0.39, 0.29) is 6.04 Å². The quantitative estimate of drug-likeness (QED) is 0.813. The van der Waals surface area contributed by atoms with Crippen LogP contribution < -0.4 is 5.73 Å². The molecule has 1 saturated carbocycles. The van der Waals surface area contributed by atoms with Crippen LogP contribution in [0.3, 0.4) is 0 Å². The molecule has 0 radical (unpaired) electrons. The molecule has 0 bridgehead atoms. The Kier molecular flexibility index (Phi) is 4.25. The number of nitrogens with zero attached hydrogens (tertiary/aromatic N) is 1. The lowest BCUT2D eigenvalue weighted by Gasteiger charge is -2.34. The van der Waals surface area contributed by atoms with E-state index in [0.717, 1.165) is 17.9 Å². The van der Waals surface area contributed by atoms with Gasteiger partial charge >= 0.3 is 0 Å². The lowest BCUT2D eigenvalue weighted by Crippen LogP contribution is -2.41. The molecule has 0 amide bonds. The van der Waals surface area contributed by atoms with E-state index in [9.17, 15) is 5.11 Å². The van der Waals surface area contributed by atoms with Crippen molar-refractivity contribution >= 4 is 0 Å². The molecule has 2 rings (SSSR count). The molecule has 2 atom stereocenters. The first kappa shape index (κ1) is 13.4. The normalized spacial score (nSPS) is 18.9. The number of aromatic hydroxyl groups is 1. The van der Waals surface area contributed by atoms with E-state index in [2.05, 4.69) is 18.9 Å². The Morgan fingerprint density at radius 1 is 1.39 bits per heavy atom. The summed E-state index contributed by atoms with van der Waals surface area (Å²) in [5, 5.41) is 10.0. The number of rotatable bonds is 6. The predicted molar refractivity (Wildman–Crippen MR) is 74.5 cm³/mol. The highest BCUT2D eigenvalue weighted by atomic mass is 16.3. The van der Waals surface area contributed by atoms with Gasteiger partial charge in [0.25, 0.3) is 0 Å². The van der Waals surface area contributed by atoms with Crippen LogP contribution in [0, 0.1) is 5.92 Å². The van der Waals surface area contributed by atoms with Crippen LogP contribution in [0.25, 0.3) is 0 Å². The minimum absolute atomic E-state index is 0.250. The van der Waals surface area contributed by atoms with Gasteiger partial charge in [-0.15, -0.1) is 0 Å². The summed E-state index contributed by atoms with van der Waals surface area (Å²) in [5.74, 6) is 1.14. The highest BCUT2D eigenvalue weighted by molar-refractivity contribution is 5.34. The maximum atomic E-state index is 10.0. The zero-order chi connectivity index (χ0) is 13.1. The second-order valence-corrected chi connectivity index (χ2v) is 5.29. The number of phenols is 1. The molecule has 3 heteroatoms. The Morgan fingerprint density at radius 2 is 2.06 bits per heavy atom. The monoisotopic (exact) mass is 248 g/mol. The first-order chi connectivity index (χ1) is 8.69. The topological polar surface area (TPSA) is 49.5 Å². The summed E-state index contributed by atoms with van der Waals surface area (Å²) in [6.07, 6.45) is 3.57. The Hall–Kier alpha value is -1.06. The van der Waals surface area contributed by atoms with Crippen molar-refractivity contribution in [1.82, 2.24) is 4.90 Å². The van der Waals surface area contributed by atoms with E-state index in [1.54, 1.807) is 6.07 Å². The zero-order valence-corrected chi connectivity index (χ0v) is 11.3. The third-order valence-corrected chi connectivity index (χ3v) is 4.10. The Morgan fingerprint density at radius 3 is 2.56 bits per heavy atom. The van der Waals surface area contributed by atoms with Gasteiger partial charge in [-0.05, 0) is 38.3 Å². The fraction of sp³-hybridized carbons (Fsp3) is 0.600. The van der Waals surface area contributed by atoms with Gasteiger partial charge < -0.3 is 10.8 Å². The van der Waals surface area contributed by atoms with Crippen LogP contribution in [-0.4, -0.2) is 29.6 Å². The molecule has 1 aliphatic rings. The second kappa shape index (κ2) is 5.72. The summed E-state index contributed by atoms with van der Waals surface area (Å²) in [5.41, 5.74) is 6.93. The highest BCUT2D eigenvalue weighted by Crippen LogP contribution is 2.39. The molecule has 0 aliphatic heterocycles. The number of para-hydroxylation sites is 1. The number of likely N-dealkylation sites (N-methyl/N-ethyl adjacent to an activating group) is 1. The van der Waals surface area contributed by atoms with Crippen LogP contribution in [0.4, 0.5) is 0 Å². The molecule has 3 nitrogen and oxygen atoms in total. The van der Waals surface area contributed by atoms with Gasteiger partial charge in [0.05, 0.1) is 0 Å². The van der Waals surface area contributed by atoms with Crippen LogP contribution >= 0.6 is 0 Å². The van der Waals surface area contributed by atoms with Gasteiger partial charge in [-0.3, -0.25) is 4.90 Å². The van der Waals surface area contributed by atoms with Crippen molar-refractivity contribution < 1.29 is 5.11 Å². The minimum atomic E-state index is 0.250. The molecule has 2 unspecified atom stereocenters. The van der Waals surface area contributed by atoms with Gasteiger partial charge in [-0.2, -0.15) is 0 Å². The smallest absolute Gasteiger partial charge is 0.120 e. The maximum absolute atomic E-state index is 10.0. The van der Waals surface area contributed by atoms with E-state index >= 15 is 0 Å². The molecule has 1 aromatic carbocycles. The largest absolute Gasteiger partial charge is 0.508 e. The van der Waals surface area contributed by atoms with Gasteiger partial charge in [-0.25, -0.2) is 0 Å². The van der Waals surface area contributed by atoms with E-state index in [1.165, 1.54) is 12.8 Å². The second-order valence-electron chi connectivity index (χ2n) is 5.29. The van der Waals surface area contributed by atoms with Gasteiger partial charge in [-0.1, -0.05) is 25.1 Å². The highest BCUT2D eigenvalue weighted by Gasteiger charge is 2.35. The van der Waals surface area contributed by atoms with Crippen molar-refractivity contribution in [2.45, 2.75) is 38.3 Å². The number of benzene rings is 1. The molecule has 18 heavy (non-hydrogen) atoms. The molecule has 0 heterocycles. The first-order valence-electron chi connectivity index (χ1n) is 6.88. The average Bonchev–Trinajstić information content (AvgIpc) is 3.18. The van der Waals surface area contributed by atoms with E-state index < -0.39 is 0 Å². The molecule has 100 valence electrons. The lowest BCUT2D eigenvalue weighted by molar-refractivity contribution is 0.153. The Bertz CT molecular complexity index is 390. The predicted octanol–water partition coefficient (Wildman–Crippen LogP) is 2.51. The SMILES string of the molecule is CCC(c1ccccc1O)N(C)C(CN)C1CC1. The standard InChI is InChI=1S/C15H24N2O/c1-3-13(12-6-4-5-7-15(12)18)17(2)14(10-16)11-8-9-11/h4-7,11,13-14,18H,3,8-10,16H2,1-2H3. The van der Waals surface area contributed by atoms with Crippen LogP contribution in [0.5, 0.6) is 5.75 Å². The third kappa shape index (κ3) is 2.68. The van der Waals surface area contributed by atoms with Crippen molar-refractivity contribution in [3.63, 3.8) is 0 Å². The molecular weight excluding hydrogens is 224 g/mol. The Labute approximate surface area is 110 Å².